The minimum Gasteiger partial charge on any atom is -0.314 e. The van der Waals surface area contributed by atoms with Crippen molar-refractivity contribution in [1.29, 1.82) is 0 Å². The molecule has 0 aliphatic heterocycles. The lowest BCUT2D eigenvalue weighted by atomic mass is 10.1. The van der Waals surface area contributed by atoms with E-state index in [0.29, 0.717) is 12.1 Å². The summed E-state index contributed by atoms with van der Waals surface area (Å²) in [6, 6.07) is 0.260. The molecular weight excluding hydrogens is 244 g/mol. The highest BCUT2D eigenvalue weighted by Gasteiger charge is 2.26. The molecule has 1 atom stereocenters. The number of hydrogen-bond acceptors (Lipinski definition) is 4. The van der Waals surface area contributed by atoms with Gasteiger partial charge in [0.15, 0.2) is 0 Å². The second-order valence-electron chi connectivity index (χ2n) is 4.73. The fourth-order valence-electron chi connectivity index (χ4n) is 2.34. The van der Waals surface area contributed by atoms with Gasteiger partial charge in [-0.3, -0.25) is 14.8 Å². The highest BCUT2D eigenvalue weighted by atomic mass is 16.6. The Kier molecular flexibility index (Phi) is 5.95. The van der Waals surface area contributed by atoms with Crippen LogP contribution in [0.15, 0.2) is 0 Å². The smallest absolute Gasteiger partial charge is 0.313 e. The zero-order chi connectivity index (χ0) is 14.4. The zero-order valence-corrected chi connectivity index (χ0v) is 12.3. The summed E-state index contributed by atoms with van der Waals surface area (Å²) in [6.45, 7) is 9.49. The van der Waals surface area contributed by atoms with Gasteiger partial charge in [-0.15, -0.1) is 0 Å². The molecule has 0 spiro atoms. The number of nitro groups is 1. The van der Waals surface area contributed by atoms with Crippen LogP contribution in [0.1, 0.15) is 45.0 Å². The molecule has 108 valence electrons. The molecule has 1 aromatic rings. The van der Waals surface area contributed by atoms with Crippen LogP contribution in [0, 0.1) is 17.0 Å². The van der Waals surface area contributed by atoms with Crippen molar-refractivity contribution >= 4 is 5.69 Å². The topological polar surface area (TPSA) is 73.0 Å². The Bertz CT molecular complexity index is 429. The Hall–Kier alpha value is -1.43. The Morgan fingerprint density at radius 2 is 2.11 bits per heavy atom. The molecule has 0 amide bonds. The molecule has 0 fully saturated rings. The molecule has 6 nitrogen and oxygen atoms in total. The first-order valence-corrected chi connectivity index (χ1v) is 6.99. The van der Waals surface area contributed by atoms with Crippen LogP contribution in [0.25, 0.3) is 0 Å². The highest BCUT2D eigenvalue weighted by molar-refractivity contribution is 5.41. The first-order chi connectivity index (χ1) is 9.04. The molecule has 19 heavy (non-hydrogen) atoms. The molecule has 0 radical (unpaired) electrons. The fraction of sp³-hybridized carbons (Fsp3) is 0.769. The number of aromatic nitrogens is 2. The monoisotopic (exact) mass is 268 g/mol. The summed E-state index contributed by atoms with van der Waals surface area (Å²) in [7, 11) is 0. The van der Waals surface area contributed by atoms with Gasteiger partial charge in [-0.05, 0) is 26.3 Å². The van der Waals surface area contributed by atoms with Gasteiger partial charge in [-0.25, -0.2) is 0 Å². The number of rotatable bonds is 8. The summed E-state index contributed by atoms with van der Waals surface area (Å²) in [6.07, 6.45) is 2.52. The number of nitrogens with zero attached hydrogens (tertiary/aromatic N) is 3. The molecule has 1 unspecified atom stereocenters. The quantitative estimate of drug-likeness (QED) is 0.580. The largest absolute Gasteiger partial charge is 0.314 e. The molecular formula is C13H24N4O2. The third-order valence-corrected chi connectivity index (χ3v) is 3.24. The van der Waals surface area contributed by atoms with Crippen LogP contribution < -0.4 is 5.32 Å². The molecule has 0 saturated carbocycles. The lowest BCUT2D eigenvalue weighted by molar-refractivity contribution is -0.386. The van der Waals surface area contributed by atoms with Crippen molar-refractivity contribution in [1.82, 2.24) is 15.1 Å². The molecule has 0 aliphatic rings. The number of likely N-dealkylation sites (N-methyl/N-ethyl adjacent to an activating group) is 1. The third kappa shape index (κ3) is 3.76. The lowest BCUT2D eigenvalue weighted by Gasteiger charge is -2.16. The normalized spacial score (nSPS) is 12.6. The molecule has 0 bridgehead atoms. The van der Waals surface area contributed by atoms with E-state index >= 15 is 0 Å². The molecule has 0 aromatic carbocycles. The van der Waals surface area contributed by atoms with Gasteiger partial charge in [0.25, 0.3) is 0 Å². The van der Waals surface area contributed by atoms with E-state index in [1.54, 1.807) is 11.6 Å². The van der Waals surface area contributed by atoms with E-state index in [1.165, 1.54) is 0 Å². The summed E-state index contributed by atoms with van der Waals surface area (Å²) in [5, 5.41) is 18.9. The van der Waals surface area contributed by atoms with Crippen LogP contribution >= 0.6 is 0 Å². The van der Waals surface area contributed by atoms with Gasteiger partial charge in [0.05, 0.1) is 4.92 Å². The van der Waals surface area contributed by atoms with Gasteiger partial charge < -0.3 is 5.32 Å². The summed E-state index contributed by atoms with van der Waals surface area (Å²) >= 11 is 0. The van der Waals surface area contributed by atoms with Crippen LogP contribution in [-0.4, -0.2) is 27.3 Å². The number of aryl methyl sites for hydroxylation is 2. The minimum absolute atomic E-state index is 0.185. The van der Waals surface area contributed by atoms with Gasteiger partial charge in [0, 0.05) is 19.0 Å². The third-order valence-electron chi connectivity index (χ3n) is 3.24. The van der Waals surface area contributed by atoms with E-state index in [4.69, 9.17) is 0 Å². The Labute approximate surface area is 114 Å². The molecule has 0 aliphatic carbocycles. The molecule has 6 heteroatoms. The van der Waals surface area contributed by atoms with E-state index in [9.17, 15) is 10.1 Å². The SMILES string of the molecule is CCCn1nc(C)c([N+](=O)[O-])c1CC(CC)NCC. The van der Waals surface area contributed by atoms with Crippen LogP contribution in [0.2, 0.25) is 0 Å². The van der Waals surface area contributed by atoms with Crippen molar-refractivity contribution in [2.75, 3.05) is 6.54 Å². The second-order valence-corrected chi connectivity index (χ2v) is 4.73. The fourth-order valence-corrected chi connectivity index (χ4v) is 2.34. The van der Waals surface area contributed by atoms with Gasteiger partial charge in [0.2, 0.25) is 0 Å². The Morgan fingerprint density at radius 3 is 2.58 bits per heavy atom. The first-order valence-electron chi connectivity index (χ1n) is 6.99. The van der Waals surface area contributed by atoms with Crippen LogP contribution in [0.5, 0.6) is 0 Å². The van der Waals surface area contributed by atoms with Crippen LogP contribution in [-0.2, 0) is 13.0 Å². The summed E-state index contributed by atoms with van der Waals surface area (Å²) in [5.41, 5.74) is 1.45. The van der Waals surface area contributed by atoms with Crippen molar-refractivity contribution in [2.45, 2.75) is 59.5 Å². The van der Waals surface area contributed by atoms with Crippen molar-refractivity contribution < 1.29 is 4.92 Å². The standard InChI is InChI=1S/C13H24N4O2/c1-5-8-16-12(9-11(6-2)14-7-3)13(17(18)19)10(4)15-16/h11,14H,5-9H2,1-4H3. The van der Waals surface area contributed by atoms with Gasteiger partial charge in [-0.1, -0.05) is 20.8 Å². The molecule has 0 saturated heterocycles. The second kappa shape index (κ2) is 7.23. The number of hydrogen-bond donors (Lipinski definition) is 1. The summed E-state index contributed by atoms with van der Waals surface area (Å²) in [4.78, 5) is 10.9. The van der Waals surface area contributed by atoms with E-state index in [1.807, 2.05) is 13.8 Å². The van der Waals surface area contributed by atoms with Crippen molar-refractivity contribution in [2.24, 2.45) is 0 Å². The summed E-state index contributed by atoms with van der Waals surface area (Å²) in [5.74, 6) is 0. The van der Waals surface area contributed by atoms with Crippen LogP contribution in [0.3, 0.4) is 0 Å². The van der Waals surface area contributed by atoms with Gasteiger partial charge in [-0.2, -0.15) is 5.10 Å². The van der Waals surface area contributed by atoms with Gasteiger partial charge >= 0.3 is 5.69 Å². The van der Waals surface area contributed by atoms with Crippen LogP contribution in [0.4, 0.5) is 5.69 Å². The minimum atomic E-state index is -0.303. The zero-order valence-electron chi connectivity index (χ0n) is 12.3. The molecule has 1 heterocycles. The van der Waals surface area contributed by atoms with E-state index in [-0.39, 0.29) is 16.7 Å². The maximum absolute atomic E-state index is 11.2. The maximum atomic E-state index is 11.2. The molecule has 1 aromatic heterocycles. The average Bonchev–Trinajstić information content (AvgIpc) is 2.65. The highest BCUT2D eigenvalue weighted by Crippen LogP contribution is 2.25. The molecule has 1 rings (SSSR count). The van der Waals surface area contributed by atoms with Crippen molar-refractivity contribution in [3.05, 3.63) is 21.5 Å². The van der Waals surface area contributed by atoms with Crippen molar-refractivity contribution in [3.63, 3.8) is 0 Å². The summed E-state index contributed by atoms with van der Waals surface area (Å²) < 4.78 is 1.80. The predicted octanol–water partition coefficient (Wildman–Crippen LogP) is 2.44. The predicted molar refractivity (Wildman–Crippen MR) is 75.4 cm³/mol. The number of nitrogens with one attached hydrogen (secondary N) is 1. The van der Waals surface area contributed by atoms with Crippen molar-refractivity contribution in [3.8, 4) is 0 Å². The Balaban J connectivity index is 3.09. The van der Waals surface area contributed by atoms with E-state index in [0.717, 1.165) is 31.6 Å². The lowest BCUT2D eigenvalue weighted by Crippen LogP contribution is -2.31. The maximum Gasteiger partial charge on any atom is 0.313 e. The average molecular weight is 268 g/mol. The first kappa shape index (κ1) is 15.6. The van der Waals surface area contributed by atoms with E-state index in [2.05, 4.69) is 17.3 Å². The van der Waals surface area contributed by atoms with E-state index < -0.39 is 0 Å². The Morgan fingerprint density at radius 1 is 1.42 bits per heavy atom. The molecule has 1 N–H and O–H groups in total. The van der Waals surface area contributed by atoms with Gasteiger partial charge in [0.1, 0.15) is 11.4 Å².